The van der Waals surface area contributed by atoms with Crippen molar-refractivity contribution in [3.63, 3.8) is 0 Å². The van der Waals surface area contributed by atoms with Gasteiger partial charge in [-0.15, -0.1) is 11.3 Å². The van der Waals surface area contributed by atoms with E-state index >= 15 is 0 Å². The Labute approximate surface area is 99.7 Å². The average molecular weight is 230 g/mol. The summed E-state index contributed by atoms with van der Waals surface area (Å²) < 4.78 is 0. The quantitative estimate of drug-likeness (QED) is 0.617. The van der Waals surface area contributed by atoms with E-state index in [9.17, 15) is 0 Å². The van der Waals surface area contributed by atoms with Crippen molar-refractivity contribution in [1.82, 2.24) is 0 Å². The second-order valence-electron chi connectivity index (χ2n) is 3.39. The molecule has 1 heterocycles. The SMILES string of the molecule is C(=NCCc1ccccc1)Nc1cccs1. The minimum absolute atomic E-state index is 0.822. The number of rotatable bonds is 5. The summed E-state index contributed by atoms with van der Waals surface area (Å²) in [6.07, 6.45) is 2.76. The van der Waals surface area contributed by atoms with Crippen molar-refractivity contribution in [2.45, 2.75) is 6.42 Å². The van der Waals surface area contributed by atoms with E-state index in [0.717, 1.165) is 18.0 Å². The van der Waals surface area contributed by atoms with Crippen LogP contribution in [0.2, 0.25) is 0 Å². The van der Waals surface area contributed by atoms with Gasteiger partial charge in [0, 0.05) is 6.54 Å². The summed E-state index contributed by atoms with van der Waals surface area (Å²) in [6, 6.07) is 14.5. The van der Waals surface area contributed by atoms with Crippen molar-refractivity contribution in [2.24, 2.45) is 4.99 Å². The Balaban J connectivity index is 1.70. The standard InChI is InChI=1S/C13H14N2S/c1-2-5-12(6-3-1)8-9-14-11-15-13-7-4-10-16-13/h1-7,10-11H,8-9H2,(H,14,15). The van der Waals surface area contributed by atoms with E-state index in [1.54, 1.807) is 17.7 Å². The first kappa shape index (κ1) is 10.9. The third-order valence-corrected chi connectivity index (χ3v) is 2.99. The Bertz CT molecular complexity index is 420. The minimum Gasteiger partial charge on any atom is -0.338 e. The van der Waals surface area contributed by atoms with Gasteiger partial charge in [0.15, 0.2) is 0 Å². The van der Waals surface area contributed by atoms with E-state index in [0.29, 0.717) is 0 Å². The molecule has 2 nitrogen and oxygen atoms in total. The Morgan fingerprint density at radius 2 is 2.00 bits per heavy atom. The van der Waals surface area contributed by atoms with Crippen LogP contribution in [0.4, 0.5) is 5.00 Å². The van der Waals surface area contributed by atoms with Gasteiger partial charge in [-0.3, -0.25) is 4.99 Å². The van der Waals surface area contributed by atoms with Gasteiger partial charge in [0.2, 0.25) is 0 Å². The number of nitrogens with one attached hydrogen (secondary N) is 1. The normalized spacial score (nSPS) is 10.8. The molecule has 0 aliphatic rings. The maximum Gasteiger partial charge on any atom is 0.0933 e. The first-order chi connectivity index (χ1) is 7.95. The third-order valence-electron chi connectivity index (χ3n) is 2.19. The third kappa shape index (κ3) is 3.51. The molecule has 0 spiro atoms. The van der Waals surface area contributed by atoms with Gasteiger partial charge < -0.3 is 5.32 Å². The molecule has 2 rings (SSSR count). The zero-order valence-corrected chi connectivity index (χ0v) is 9.78. The zero-order valence-electron chi connectivity index (χ0n) is 8.97. The molecule has 2 aromatic rings. The molecule has 0 radical (unpaired) electrons. The number of hydrogen-bond acceptors (Lipinski definition) is 2. The number of hydrogen-bond donors (Lipinski definition) is 1. The average Bonchev–Trinajstić information content (AvgIpc) is 2.83. The van der Waals surface area contributed by atoms with Crippen LogP contribution in [-0.4, -0.2) is 12.9 Å². The molecule has 3 heteroatoms. The van der Waals surface area contributed by atoms with Crippen LogP contribution in [0.25, 0.3) is 0 Å². The molecule has 0 bridgehead atoms. The number of thiophene rings is 1. The largest absolute Gasteiger partial charge is 0.338 e. The van der Waals surface area contributed by atoms with E-state index in [4.69, 9.17) is 0 Å². The van der Waals surface area contributed by atoms with Gasteiger partial charge in [-0.25, -0.2) is 0 Å². The molecular formula is C13H14N2S. The summed E-state index contributed by atoms with van der Waals surface area (Å²) in [6.45, 7) is 0.822. The predicted molar refractivity (Wildman–Crippen MR) is 71.4 cm³/mol. The van der Waals surface area contributed by atoms with Crippen LogP contribution >= 0.6 is 11.3 Å². The monoisotopic (exact) mass is 230 g/mol. The van der Waals surface area contributed by atoms with E-state index in [1.807, 2.05) is 23.6 Å². The van der Waals surface area contributed by atoms with Gasteiger partial charge in [-0.2, -0.15) is 0 Å². The van der Waals surface area contributed by atoms with Crippen LogP contribution in [0.15, 0.2) is 52.8 Å². The van der Waals surface area contributed by atoms with Crippen LogP contribution in [0, 0.1) is 0 Å². The fraction of sp³-hybridized carbons (Fsp3) is 0.154. The lowest BCUT2D eigenvalue weighted by Crippen LogP contribution is -1.95. The zero-order chi connectivity index (χ0) is 11.1. The maximum atomic E-state index is 4.31. The molecule has 1 N–H and O–H groups in total. The number of aliphatic imine (C=N–C) groups is 1. The topological polar surface area (TPSA) is 24.4 Å². The molecule has 16 heavy (non-hydrogen) atoms. The van der Waals surface area contributed by atoms with Crippen molar-refractivity contribution in [3.05, 3.63) is 53.4 Å². The summed E-state index contributed by atoms with van der Waals surface area (Å²) in [4.78, 5) is 4.31. The minimum atomic E-state index is 0.822. The first-order valence-corrected chi connectivity index (χ1v) is 6.15. The van der Waals surface area contributed by atoms with Crippen molar-refractivity contribution in [3.8, 4) is 0 Å². The molecule has 0 atom stereocenters. The Morgan fingerprint density at radius 3 is 2.75 bits per heavy atom. The molecule has 1 aromatic carbocycles. The molecule has 0 unspecified atom stereocenters. The van der Waals surface area contributed by atoms with Crippen LogP contribution in [0.5, 0.6) is 0 Å². The van der Waals surface area contributed by atoms with Gasteiger partial charge in [0.25, 0.3) is 0 Å². The lowest BCUT2D eigenvalue weighted by Gasteiger charge is -1.97. The van der Waals surface area contributed by atoms with Crippen molar-refractivity contribution in [1.29, 1.82) is 0 Å². The number of nitrogens with zero attached hydrogens (tertiary/aromatic N) is 1. The second kappa shape index (κ2) is 6.08. The Kier molecular flexibility index (Phi) is 4.14. The van der Waals surface area contributed by atoms with Crippen molar-refractivity contribution < 1.29 is 0 Å². The summed E-state index contributed by atoms with van der Waals surface area (Å²) in [5.74, 6) is 0. The maximum absolute atomic E-state index is 4.31. The highest BCUT2D eigenvalue weighted by atomic mass is 32.1. The van der Waals surface area contributed by atoms with E-state index in [1.165, 1.54) is 5.56 Å². The fourth-order valence-electron chi connectivity index (χ4n) is 1.37. The molecule has 0 aliphatic carbocycles. The van der Waals surface area contributed by atoms with Gasteiger partial charge >= 0.3 is 0 Å². The Morgan fingerprint density at radius 1 is 1.12 bits per heavy atom. The Hall–Kier alpha value is -1.61. The molecular weight excluding hydrogens is 216 g/mol. The summed E-state index contributed by atoms with van der Waals surface area (Å²) in [5, 5.41) is 6.31. The molecule has 0 fully saturated rings. The van der Waals surface area contributed by atoms with Gasteiger partial charge in [-0.1, -0.05) is 30.3 Å². The van der Waals surface area contributed by atoms with E-state index in [2.05, 4.69) is 34.6 Å². The number of benzene rings is 1. The lowest BCUT2D eigenvalue weighted by molar-refractivity contribution is 0.973. The summed E-state index contributed by atoms with van der Waals surface area (Å²) in [7, 11) is 0. The van der Waals surface area contributed by atoms with Crippen LogP contribution < -0.4 is 5.32 Å². The van der Waals surface area contributed by atoms with Crippen LogP contribution in [-0.2, 0) is 6.42 Å². The highest BCUT2D eigenvalue weighted by molar-refractivity contribution is 7.14. The van der Waals surface area contributed by atoms with Gasteiger partial charge in [0.05, 0.1) is 11.3 Å². The smallest absolute Gasteiger partial charge is 0.0933 e. The van der Waals surface area contributed by atoms with Crippen molar-refractivity contribution >= 4 is 22.7 Å². The van der Waals surface area contributed by atoms with Gasteiger partial charge in [0.1, 0.15) is 0 Å². The molecule has 0 saturated heterocycles. The lowest BCUT2D eigenvalue weighted by atomic mass is 10.2. The summed E-state index contributed by atoms with van der Waals surface area (Å²) >= 11 is 1.67. The van der Waals surface area contributed by atoms with Crippen LogP contribution in [0.3, 0.4) is 0 Å². The fourth-order valence-corrected chi connectivity index (χ4v) is 1.95. The molecule has 1 aromatic heterocycles. The van der Waals surface area contributed by atoms with Gasteiger partial charge in [-0.05, 0) is 29.5 Å². The second-order valence-corrected chi connectivity index (χ2v) is 4.34. The molecule has 82 valence electrons. The molecule has 0 aliphatic heterocycles. The highest BCUT2D eigenvalue weighted by Crippen LogP contribution is 2.13. The summed E-state index contributed by atoms with van der Waals surface area (Å²) in [5.41, 5.74) is 1.33. The number of anilines is 1. The van der Waals surface area contributed by atoms with Crippen molar-refractivity contribution in [2.75, 3.05) is 11.9 Å². The van der Waals surface area contributed by atoms with Crippen LogP contribution in [0.1, 0.15) is 5.56 Å². The predicted octanol–water partition coefficient (Wildman–Crippen LogP) is 3.43. The molecule has 0 amide bonds. The highest BCUT2D eigenvalue weighted by Gasteiger charge is 1.89. The molecule has 0 saturated carbocycles. The first-order valence-electron chi connectivity index (χ1n) is 5.27. The van der Waals surface area contributed by atoms with E-state index in [-0.39, 0.29) is 0 Å². The van der Waals surface area contributed by atoms with E-state index < -0.39 is 0 Å².